The summed E-state index contributed by atoms with van der Waals surface area (Å²) >= 11 is 0. The lowest BCUT2D eigenvalue weighted by atomic mass is 10.2. The van der Waals surface area contributed by atoms with Gasteiger partial charge in [-0.3, -0.25) is 4.79 Å². The molecule has 0 aromatic heterocycles. The number of rotatable bonds is 3. The summed E-state index contributed by atoms with van der Waals surface area (Å²) in [5.74, 6) is 0.156. The number of Topliss-reactive ketones (excluding diaryl/α,β-unsaturated/α-hetero) is 1. The van der Waals surface area contributed by atoms with Gasteiger partial charge in [0.05, 0.1) is 0 Å². The van der Waals surface area contributed by atoms with E-state index in [0.29, 0.717) is 19.5 Å². The molecule has 1 fully saturated rings. The molecular formula is C14H24N2O3. The van der Waals surface area contributed by atoms with Crippen LogP contribution >= 0.6 is 0 Å². The van der Waals surface area contributed by atoms with Gasteiger partial charge in [-0.25, -0.2) is 4.79 Å². The molecule has 0 bridgehead atoms. The van der Waals surface area contributed by atoms with Gasteiger partial charge in [0.15, 0.2) is 0 Å². The Morgan fingerprint density at radius 3 is 2.21 bits per heavy atom. The lowest BCUT2D eigenvalue weighted by Crippen LogP contribution is -2.48. The molecule has 5 heteroatoms. The first-order valence-corrected chi connectivity index (χ1v) is 6.66. The Balaban J connectivity index is 2.34. The van der Waals surface area contributed by atoms with Crippen LogP contribution in [0.25, 0.3) is 0 Å². The highest BCUT2D eigenvalue weighted by molar-refractivity contribution is 5.76. The normalized spacial score (nSPS) is 16.8. The lowest BCUT2D eigenvalue weighted by Gasteiger charge is -2.35. The summed E-state index contributed by atoms with van der Waals surface area (Å²) in [5, 5.41) is 0. The summed E-state index contributed by atoms with van der Waals surface area (Å²) < 4.78 is 5.33. The van der Waals surface area contributed by atoms with E-state index in [0.717, 1.165) is 13.1 Å². The largest absolute Gasteiger partial charge is 0.444 e. The van der Waals surface area contributed by atoms with Gasteiger partial charge in [0.25, 0.3) is 0 Å². The van der Waals surface area contributed by atoms with E-state index in [1.54, 1.807) is 11.8 Å². The minimum Gasteiger partial charge on any atom is -0.444 e. The number of amides is 1. The van der Waals surface area contributed by atoms with Crippen LogP contribution in [0.5, 0.6) is 0 Å². The summed E-state index contributed by atoms with van der Waals surface area (Å²) in [4.78, 5) is 26.5. The molecule has 0 unspecified atom stereocenters. The van der Waals surface area contributed by atoms with Crippen LogP contribution in [0, 0.1) is 0 Å². The Labute approximate surface area is 115 Å². The Bertz CT molecular complexity index is 350. The summed E-state index contributed by atoms with van der Waals surface area (Å²) in [6.07, 6.45) is 4.02. The van der Waals surface area contributed by atoms with Crippen LogP contribution in [0.2, 0.25) is 0 Å². The maximum Gasteiger partial charge on any atom is 0.410 e. The molecule has 5 nitrogen and oxygen atoms in total. The number of ether oxygens (including phenoxy) is 1. The smallest absolute Gasteiger partial charge is 0.410 e. The zero-order valence-electron chi connectivity index (χ0n) is 12.3. The molecule has 0 radical (unpaired) electrons. The van der Waals surface area contributed by atoms with Gasteiger partial charge in [0.2, 0.25) is 0 Å². The molecule has 19 heavy (non-hydrogen) atoms. The highest BCUT2D eigenvalue weighted by Crippen LogP contribution is 2.12. The third kappa shape index (κ3) is 6.27. The number of hydrogen-bond acceptors (Lipinski definition) is 4. The monoisotopic (exact) mass is 268 g/mol. The number of carbonyl (C=O) groups is 2. The number of allylic oxidation sites excluding steroid dienone is 1. The van der Waals surface area contributed by atoms with Crippen molar-refractivity contribution in [3.05, 3.63) is 12.3 Å². The van der Waals surface area contributed by atoms with Gasteiger partial charge in [-0.1, -0.05) is 6.08 Å². The quantitative estimate of drug-likeness (QED) is 0.786. The fourth-order valence-electron chi connectivity index (χ4n) is 1.75. The zero-order chi connectivity index (χ0) is 14.5. The van der Waals surface area contributed by atoms with Crippen LogP contribution in [0.3, 0.4) is 0 Å². The van der Waals surface area contributed by atoms with Gasteiger partial charge in [-0.2, -0.15) is 0 Å². The molecule has 0 aromatic carbocycles. The molecule has 1 amide bonds. The molecule has 1 rings (SSSR count). The Kier molecular flexibility index (Phi) is 5.39. The minimum atomic E-state index is -0.449. The predicted molar refractivity (Wildman–Crippen MR) is 73.8 cm³/mol. The highest BCUT2D eigenvalue weighted by Gasteiger charge is 2.24. The summed E-state index contributed by atoms with van der Waals surface area (Å²) in [7, 11) is 0. The van der Waals surface area contributed by atoms with Crippen LogP contribution in [-0.4, -0.2) is 53.5 Å². The highest BCUT2D eigenvalue weighted by atomic mass is 16.6. The van der Waals surface area contributed by atoms with Crippen molar-refractivity contribution < 1.29 is 14.3 Å². The molecule has 0 N–H and O–H groups in total. The second-order valence-corrected chi connectivity index (χ2v) is 5.79. The second kappa shape index (κ2) is 6.59. The van der Waals surface area contributed by atoms with Crippen molar-refractivity contribution in [1.82, 2.24) is 9.80 Å². The fraction of sp³-hybridized carbons (Fsp3) is 0.714. The third-order valence-electron chi connectivity index (χ3n) is 2.69. The number of hydrogen-bond donors (Lipinski definition) is 0. The SMILES string of the molecule is CC(=O)C/C=C/N1CCN(C(=O)OC(C)(C)C)CC1. The molecule has 1 aliphatic rings. The van der Waals surface area contributed by atoms with Gasteiger partial charge in [0, 0.05) is 32.6 Å². The van der Waals surface area contributed by atoms with Crippen LogP contribution < -0.4 is 0 Å². The van der Waals surface area contributed by atoms with Gasteiger partial charge >= 0.3 is 6.09 Å². The number of piperazine rings is 1. The van der Waals surface area contributed by atoms with E-state index in [-0.39, 0.29) is 11.9 Å². The predicted octanol–water partition coefficient (Wildman–Crippen LogP) is 2.03. The van der Waals surface area contributed by atoms with Crippen molar-refractivity contribution in [2.24, 2.45) is 0 Å². The summed E-state index contributed by atoms with van der Waals surface area (Å²) in [6.45, 7) is 10.0. The van der Waals surface area contributed by atoms with E-state index in [1.807, 2.05) is 33.0 Å². The maximum atomic E-state index is 11.8. The molecule has 0 saturated carbocycles. The van der Waals surface area contributed by atoms with Crippen molar-refractivity contribution in [2.45, 2.75) is 39.7 Å². The van der Waals surface area contributed by atoms with Gasteiger partial charge in [0.1, 0.15) is 11.4 Å². The maximum absolute atomic E-state index is 11.8. The number of ketones is 1. The average molecular weight is 268 g/mol. The van der Waals surface area contributed by atoms with Crippen molar-refractivity contribution >= 4 is 11.9 Å². The van der Waals surface area contributed by atoms with E-state index in [1.165, 1.54) is 0 Å². The van der Waals surface area contributed by atoms with E-state index in [2.05, 4.69) is 4.90 Å². The van der Waals surface area contributed by atoms with Crippen LogP contribution in [0.1, 0.15) is 34.1 Å². The molecule has 0 spiro atoms. The molecule has 0 aliphatic carbocycles. The zero-order valence-corrected chi connectivity index (χ0v) is 12.3. The number of carbonyl (C=O) groups excluding carboxylic acids is 2. The van der Waals surface area contributed by atoms with Crippen LogP contribution in [-0.2, 0) is 9.53 Å². The van der Waals surface area contributed by atoms with Crippen LogP contribution in [0.4, 0.5) is 4.79 Å². The summed E-state index contributed by atoms with van der Waals surface area (Å²) in [6, 6.07) is 0. The topological polar surface area (TPSA) is 49.9 Å². The third-order valence-corrected chi connectivity index (χ3v) is 2.69. The fourth-order valence-corrected chi connectivity index (χ4v) is 1.75. The lowest BCUT2D eigenvalue weighted by molar-refractivity contribution is -0.116. The molecule has 0 aromatic rings. The molecule has 0 atom stereocenters. The van der Waals surface area contributed by atoms with Crippen LogP contribution in [0.15, 0.2) is 12.3 Å². The molecular weight excluding hydrogens is 244 g/mol. The summed E-state index contributed by atoms with van der Waals surface area (Å²) in [5.41, 5.74) is -0.449. The van der Waals surface area contributed by atoms with Gasteiger partial charge < -0.3 is 14.5 Å². The Morgan fingerprint density at radius 2 is 1.74 bits per heavy atom. The number of nitrogens with zero attached hydrogens (tertiary/aromatic N) is 2. The average Bonchev–Trinajstić information content (AvgIpc) is 2.27. The molecule has 1 aliphatic heterocycles. The Hall–Kier alpha value is -1.52. The van der Waals surface area contributed by atoms with Gasteiger partial charge in [-0.05, 0) is 33.9 Å². The van der Waals surface area contributed by atoms with Crippen molar-refractivity contribution in [1.29, 1.82) is 0 Å². The first kappa shape index (κ1) is 15.5. The van der Waals surface area contributed by atoms with E-state index in [9.17, 15) is 9.59 Å². The Morgan fingerprint density at radius 1 is 1.16 bits per heavy atom. The van der Waals surface area contributed by atoms with Crippen molar-refractivity contribution in [3.63, 3.8) is 0 Å². The van der Waals surface area contributed by atoms with E-state index in [4.69, 9.17) is 4.74 Å². The second-order valence-electron chi connectivity index (χ2n) is 5.79. The van der Waals surface area contributed by atoms with Crippen molar-refractivity contribution in [2.75, 3.05) is 26.2 Å². The molecule has 1 saturated heterocycles. The van der Waals surface area contributed by atoms with Crippen molar-refractivity contribution in [3.8, 4) is 0 Å². The molecule has 1 heterocycles. The standard InChI is InChI=1S/C14H24N2O3/c1-12(17)6-5-7-15-8-10-16(11-9-15)13(18)19-14(2,3)4/h5,7H,6,8-11H2,1-4H3/b7-5+. The first-order valence-electron chi connectivity index (χ1n) is 6.66. The molecule has 108 valence electrons. The van der Waals surface area contributed by atoms with E-state index >= 15 is 0 Å². The minimum absolute atomic E-state index is 0.156. The van der Waals surface area contributed by atoms with Gasteiger partial charge in [-0.15, -0.1) is 0 Å². The van der Waals surface area contributed by atoms with E-state index < -0.39 is 5.60 Å². The first-order chi connectivity index (χ1) is 8.78.